The van der Waals surface area contributed by atoms with Crippen LogP contribution in [-0.2, 0) is 0 Å². The van der Waals surface area contributed by atoms with E-state index in [0.29, 0.717) is 16.8 Å². The number of unbranched alkanes of at least 4 members (excludes halogenated alkanes) is 2. The van der Waals surface area contributed by atoms with Crippen molar-refractivity contribution in [3.63, 3.8) is 0 Å². The first-order valence-corrected chi connectivity index (χ1v) is 7.27. The molecule has 0 bridgehead atoms. The Bertz CT molecular complexity index is 347. The Morgan fingerprint density at radius 3 is 2.69 bits per heavy atom. The maximum absolute atomic E-state index is 13.2. The second kappa shape index (κ2) is 7.51. The largest absolute Gasteiger partial charge is 0.492 e. The molecule has 0 heterocycles. The molecule has 0 spiro atoms. The lowest BCUT2D eigenvalue weighted by atomic mass is 10.3. The summed E-state index contributed by atoms with van der Waals surface area (Å²) in [5, 5.41) is 1.10. The van der Waals surface area contributed by atoms with Crippen LogP contribution in [0.4, 0.5) is 4.39 Å². The third-order valence-corrected chi connectivity index (χ3v) is 3.48. The van der Waals surface area contributed by atoms with Gasteiger partial charge in [0.25, 0.3) is 0 Å². The van der Waals surface area contributed by atoms with Crippen LogP contribution >= 0.6 is 43.5 Å². The van der Waals surface area contributed by atoms with Crippen LogP contribution < -0.4 is 4.74 Å². The Hall–Kier alpha value is 0.200. The van der Waals surface area contributed by atoms with Crippen LogP contribution in [0.25, 0.3) is 0 Å². The lowest BCUT2D eigenvalue weighted by Gasteiger charge is -2.08. The first-order valence-electron chi connectivity index (χ1n) is 4.98. The molecule has 0 aliphatic carbocycles. The van der Waals surface area contributed by atoms with Gasteiger partial charge in [-0.1, -0.05) is 27.5 Å². The van der Waals surface area contributed by atoms with E-state index in [1.165, 1.54) is 12.1 Å². The van der Waals surface area contributed by atoms with Crippen molar-refractivity contribution < 1.29 is 9.13 Å². The third-order valence-electron chi connectivity index (χ3n) is 2.01. The third kappa shape index (κ3) is 4.60. The van der Waals surface area contributed by atoms with Gasteiger partial charge < -0.3 is 4.74 Å². The highest BCUT2D eigenvalue weighted by molar-refractivity contribution is 9.10. The zero-order valence-corrected chi connectivity index (χ0v) is 12.5. The van der Waals surface area contributed by atoms with Crippen LogP contribution in [0, 0.1) is 5.82 Å². The predicted molar refractivity (Wildman–Crippen MR) is 72.3 cm³/mol. The van der Waals surface area contributed by atoms with E-state index in [9.17, 15) is 4.39 Å². The van der Waals surface area contributed by atoms with Gasteiger partial charge in [0.15, 0.2) is 0 Å². The predicted octanol–water partition coefficient (Wildman–Crippen LogP) is 5.19. The van der Waals surface area contributed by atoms with Crippen LogP contribution in [0.1, 0.15) is 19.3 Å². The molecule has 1 aromatic carbocycles. The molecule has 1 rings (SSSR count). The molecular formula is C11H12Br2ClFO. The SMILES string of the molecule is Fc1cc(OCCCCCBr)c(Br)cc1Cl. The molecule has 0 atom stereocenters. The van der Waals surface area contributed by atoms with E-state index in [2.05, 4.69) is 31.9 Å². The molecule has 0 N–H and O–H groups in total. The highest BCUT2D eigenvalue weighted by Gasteiger charge is 2.07. The molecular weight excluding hydrogens is 362 g/mol. The highest BCUT2D eigenvalue weighted by Crippen LogP contribution is 2.30. The minimum Gasteiger partial charge on any atom is -0.492 e. The zero-order valence-electron chi connectivity index (χ0n) is 8.61. The van der Waals surface area contributed by atoms with E-state index in [0.717, 1.165) is 24.6 Å². The van der Waals surface area contributed by atoms with Gasteiger partial charge in [-0.15, -0.1) is 0 Å². The summed E-state index contributed by atoms with van der Waals surface area (Å²) < 4.78 is 19.3. The summed E-state index contributed by atoms with van der Waals surface area (Å²) in [6.45, 7) is 0.590. The second-order valence-electron chi connectivity index (χ2n) is 3.29. The molecule has 0 saturated carbocycles. The van der Waals surface area contributed by atoms with Gasteiger partial charge in [0.05, 0.1) is 16.1 Å². The molecule has 0 aliphatic rings. The van der Waals surface area contributed by atoms with Crippen molar-refractivity contribution in [3.8, 4) is 5.75 Å². The Labute approximate surface area is 117 Å². The molecule has 0 fully saturated rings. The van der Waals surface area contributed by atoms with Crippen molar-refractivity contribution >= 4 is 43.5 Å². The molecule has 5 heteroatoms. The van der Waals surface area contributed by atoms with Crippen molar-refractivity contribution in [3.05, 3.63) is 27.4 Å². The molecule has 1 aromatic rings. The van der Waals surface area contributed by atoms with Crippen molar-refractivity contribution in [1.29, 1.82) is 0 Å². The summed E-state index contributed by atoms with van der Waals surface area (Å²) in [5.41, 5.74) is 0. The van der Waals surface area contributed by atoms with Crippen LogP contribution in [0.2, 0.25) is 5.02 Å². The average molecular weight is 374 g/mol. The highest BCUT2D eigenvalue weighted by atomic mass is 79.9. The summed E-state index contributed by atoms with van der Waals surface area (Å²) in [6, 6.07) is 2.81. The molecule has 0 aliphatic heterocycles. The Morgan fingerprint density at radius 2 is 2.00 bits per heavy atom. The standard InChI is InChI=1S/C11H12Br2ClFO/c12-4-2-1-3-5-16-11-7-10(15)9(14)6-8(11)13/h6-7H,1-5H2. The number of benzene rings is 1. The van der Waals surface area contributed by atoms with E-state index in [-0.39, 0.29) is 5.02 Å². The molecule has 0 amide bonds. The van der Waals surface area contributed by atoms with Gasteiger partial charge in [-0.2, -0.15) is 0 Å². The molecule has 1 nitrogen and oxygen atoms in total. The summed E-state index contributed by atoms with van der Waals surface area (Å²) in [7, 11) is 0. The monoisotopic (exact) mass is 372 g/mol. The Morgan fingerprint density at radius 1 is 1.25 bits per heavy atom. The lowest BCUT2D eigenvalue weighted by Crippen LogP contribution is -1.98. The number of alkyl halides is 1. The van der Waals surface area contributed by atoms with Crippen molar-refractivity contribution in [2.24, 2.45) is 0 Å². The summed E-state index contributed by atoms with van der Waals surface area (Å²) in [6.07, 6.45) is 3.18. The minimum absolute atomic E-state index is 0.0958. The summed E-state index contributed by atoms with van der Waals surface area (Å²) in [4.78, 5) is 0. The number of hydrogen-bond donors (Lipinski definition) is 0. The fourth-order valence-corrected chi connectivity index (χ4v) is 2.32. The Kier molecular flexibility index (Phi) is 6.70. The van der Waals surface area contributed by atoms with Gasteiger partial charge in [-0.3, -0.25) is 0 Å². The molecule has 16 heavy (non-hydrogen) atoms. The van der Waals surface area contributed by atoms with Gasteiger partial charge in [-0.25, -0.2) is 4.39 Å². The first-order chi connectivity index (χ1) is 7.65. The van der Waals surface area contributed by atoms with Gasteiger partial charge in [0, 0.05) is 11.4 Å². The molecule has 0 radical (unpaired) electrons. The summed E-state index contributed by atoms with van der Waals surface area (Å²) >= 11 is 12.3. The normalized spacial score (nSPS) is 10.5. The fourth-order valence-electron chi connectivity index (χ4n) is 1.17. The number of hydrogen-bond acceptors (Lipinski definition) is 1. The van der Waals surface area contributed by atoms with Gasteiger partial charge in [0.2, 0.25) is 0 Å². The topological polar surface area (TPSA) is 9.23 Å². The second-order valence-corrected chi connectivity index (χ2v) is 5.35. The molecule has 90 valence electrons. The average Bonchev–Trinajstić information content (AvgIpc) is 2.25. The van der Waals surface area contributed by atoms with E-state index < -0.39 is 5.82 Å². The first kappa shape index (κ1) is 14.3. The van der Waals surface area contributed by atoms with Crippen molar-refractivity contribution in [1.82, 2.24) is 0 Å². The maximum atomic E-state index is 13.2. The Balaban J connectivity index is 2.45. The number of halogens is 4. The summed E-state index contributed by atoms with van der Waals surface area (Å²) in [5.74, 6) is 0.0427. The quantitative estimate of drug-likeness (QED) is 0.378. The van der Waals surface area contributed by atoms with Crippen LogP contribution in [-0.4, -0.2) is 11.9 Å². The van der Waals surface area contributed by atoms with Crippen molar-refractivity contribution in [2.75, 3.05) is 11.9 Å². The van der Waals surface area contributed by atoms with Crippen LogP contribution in [0.5, 0.6) is 5.75 Å². The zero-order chi connectivity index (χ0) is 12.0. The minimum atomic E-state index is -0.458. The van der Waals surface area contributed by atoms with E-state index >= 15 is 0 Å². The fraction of sp³-hybridized carbons (Fsp3) is 0.455. The number of ether oxygens (including phenoxy) is 1. The number of rotatable bonds is 6. The van der Waals surface area contributed by atoms with Gasteiger partial charge >= 0.3 is 0 Å². The molecule has 0 unspecified atom stereocenters. The lowest BCUT2D eigenvalue weighted by molar-refractivity contribution is 0.303. The molecule has 0 aromatic heterocycles. The van der Waals surface area contributed by atoms with E-state index in [1.807, 2.05) is 0 Å². The molecule has 0 saturated heterocycles. The van der Waals surface area contributed by atoms with E-state index in [4.69, 9.17) is 16.3 Å². The van der Waals surface area contributed by atoms with Crippen LogP contribution in [0.15, 0.2) is 16.6 Å². The van der Waals surface area contributed by atoms with Crippen LogP contribution in [0.3, 0.4) is 0 Å². The van der Waals surface area contributed by atoms with Crippen molar-refractivity contribution in [2.45, 2.75) is 19.3 Å². The maximum Gasteiger partial charge on any atom is 0.145 e. The smallest absolute Gasteiger partial charge is 0.145 e. The van der Waals surface area contributed by atoms with Gasteiger partial charge in [-0.05, 0) is 41.3 Å². The van der Waals surface area contributed by atoms with E-state index in [1.54, 1.807) is 0 Å². The van der Waals surface area contributed by atoms with Gasteiger partial charge in [0.1, 0.15) is 11.6 Å².